The fraction of sp³-hybridized carbons (Fsp3) is 0.615. The summed E-state index contributed by atoms with van der Waals surface area (Å²) in [6, 6.07) is 1.61. The molecule has 0 heterocycles. The van der Waals surface area contributed by atoms with Crippen molar-refractivity contribution in [3.05, 3.63) is 0 Å². The maximum absolute atomic E-state index is 11.4. The fourth-order valence-corrected chi connectivity index (χ4v) is 0.928. The van der Waals surface area contributed by atoms with Crippen LogP contribution in [0.1, 0.15) is 41.0 Å². The third-order valence-electron chi connectivity index (χ3n) is 1.56. The van der Waals surface area contributed by atoms with Crippen LogP contribution in [-0.2, 0) is 19.2 Å². The summed E-state index contributed by atoms with van der Waals surface area (Å²) in [4.78, 5) is 25.3. The normalized spacial score (nSPS) is 12.1. The van der Waals surface area contributed by atoms with Crippen molar-refractivity contribution < 1.29 is 24.3 Å². The van der Waals surface area contributed by atoms with Crippen molar-refractivity contribution in [3.8, 4) is 6.07 Å². The zero-order chi connectivity index (χ0) is 17.9. The van der Waals surface area contributed by atoms with Gasteiger partial charge in [-0.2, -0.15) is 5.26 Å². The van der Waals surface area contributed by atoms with Crippen molar-refractivity contribution >= 4 is 23.5 Å². The third-order valence-corrected chi connectivity index (χ3v) is 1.56. The zero-order valence-corrected chi connectivity index (χ0v) is 13.3. The lowest BCUT2D eigenvalue weighted by Crippen LogP contribution is -2.26. The monoisotopic (exact) mass is 314 g/mol. The minimum absolute atomic E-state index is 0.00260. The van der Waals surface area contributed by atoms with Gasteiger partial charge in [-0.3, -0.25) is 15.0 Å². The molecule has 124 valence electrons. The number of aliphatic carboxylic acids is 1. The number of nitrogens with zero attached hydrogens (tertiary/aromatic N) is 2. The summed E-state index contributed by atoms with van der Waals surface area (Å²) in [6.45, 7) is 7.97. The topological polar surface area (TPSA) is 159 Å². The second-order valence-electron chi connectivity index (χ2n) is 5.19. The Kier molecular flexibility index (Phi) is 9.99. The molecule has 0 bridgehead atoms. The van der Waals surface area contributed by atoms with Gasteiger partial charge in [0.1, 0.15) is 17.8 Å². The van der Waals surface area contributed by atoms with Crippen LogP contribution in [-0.4, -0.2) is 40.3 Å². The van der Waals surface area contributed by atoms with Crippen molar-refractivity contribution in [3.63, 3.8) is 0 Å². The maximum Gasteiger partial charge on any atom is 0.310 e. The molecule has 0 aliphatic heterocycles. The van der Waals surface area contributed by atoms with Gasteiger partial charge in [0, 0.05) is 6.92 Å². The Hall–Kier alpha value is -2.63. The fourth-order valence-electron chi connectivity index (χ4n) is 0.928. The lowest BCUT2D eigenvalue weighted by molar-refractivity contribution is -0.157. The average Bonchev–Trinajstić information content (AvgIpc) is 2.25. The summed E-state index contributed by atoms with van der Waals surface area (Å²) in [7, 11) is 0. The summed E-state index contributed by atoms with van der Waals surface area (Å²) in [5, 5.41) is 26.4. The van der Waals surface area contributed by atoms with E-state index in [1.807, 2.05) is 0 Å². The smallest absolute Gasteiger partial charge is 0.310 e. The Labute approximate surface area is 129 Å². The Balaban J connectivity index is 0. The van der Waals surface area contributed by atoms with Crippen molar-refractivity contribution in [1.29, 1.82) is 10.7 Å². The van der Waals surface area contributed by atoms with E-state index >= 15 is 0 Å². The molecule has 9 heteroatoms. The molecule has 0 aromatic heterocycles. The van der Waals surface area contributed by atoms with E-state index in [1.165, 1.54) is 0 Å². The first-order valence-electron chi connectivity index (χ1n) is 6.28. The van der Waals surface area contributed by atoms with Gasteiger partial charge < -0.3 is 20.4 Å². The number of esters is 1. The first-order valence-corrected chi connectivity index (χ1v) is 6.28. The van der Waals surface area contributed by atoms with Crippen LogP contribution in [0.15, 0.2) is 5.16 Å². The Morgan fingerprint density at radius 2 is 1.91 bits per heavy atom. The molecule has 1 atom stereocenters. The highest BCUT2D eigenvalue weighted by Gasteiger charge is 2.19. The van der Waals surface area contributed by atoms with Gasteiger partial charge in [-0.25, -0.2) is 0 Å². The van der Waals surface area contributed by atoms with Crippen molar-refractivity contribution in [2.45, 2.75) is 52.7 Å². The van der Waals surface area contributed by atoms with Crippen LogP contribution in [0.5, 0.6) is 0 Å². The number of amidine groups is 1. The molecule has 0 saturated heterocycles. The average molecular weight is 314 g/mol. The van der Waals surface area contributed by atoms with E-state index in [9.17, 15) is 4.79 Å². The predicted molar refractivity (Wildman–Crippen MR) is 79.3 cm³/mol. The molecule has 0 aliphatic carbocycles. The van der Waals surface area contributed by atoms with Gasteiger partial charge in [-0.1, -0.05) is 5.16 Å². The molecular weight excluding hydrogens is 292 g/mol. The van der Waals surface area contributed by atoms with Crippen LogP contribution in [0, 0.1) is 16.7 Å². The van der Waals surface area contributed by atoms with E-state index in [-0.39, 0.29) is 12.1 Å². The minimum atomic E-state index is -0.833. The van der Waals surface area contributed by atoms with Gasteiger partial charge in [0.15, 0.2) is 5.84 Å². The lowest BCUT2D eigenvalue weighted by atomic mass is 10.2. The van der Waals surface area contributed by atoms with E-state index < -0.39 is 29.5 Å². The van der Waals surface area contributed by atoms with E-state index in [0.717, 1.165) is 6.92 Å². The second kappa shape index (κ2) is 10.1. The van der Waals surface area contributed by atoms with E-state index in [0.29, 0.717) is 0 Å². The van der Waals surface area contributed by atoms with E-state index in [1.54, 1.807) is 33.8 Å². The molecule has 0 saturated carbocycles. The number of ether oxygens (including phenoxy) is 1. The van der Waals surface area contributed by atoms with Gasteiger partial charge in [0.05, 0.1) is 6.42 Å². The molecule has 0 spiro atoms. The second-order valence-corrected chi connectivity index (χ2v) is 5.19. The number of carboxylic acids is 1. The quantitative estimate of drug-likeness (QED) is 0.295. The Morgan fingerprint density at radius 1 is 1.45 bits per heavy atom. The van der Waals surface area contributed by atoms with Crippen LogP contribution >= 0.6 is 0 Å². The van der Waals surface area contributed by atoms with Gasteiger partial charge in [0.2, 0.25) is 5.71 Å². The SMILES string of the molecule is CC(=O)O.CC(CC(=O)OC(C)(C)C)ON=C(C#N)C(=N)N. The number of oxime groups is 1. The van der Waals surface area contributed by atoms with Crippen LogP contribution in [0.4, 0.5) is 0 Å². The molecule has 0 rings (SSSR count). The van der Waals surface area contributed by atoms with Gasteiger partial charge in [-0.15, -0.1) is 0 Å². The molecule has 0 aromatic carbocycles. The number of hydrogen-bond acceptors (Lipinski definition) is 7. The molecule has 0 amide bonds. The van der Waals surface area contributed by atoms with E-state index in [4.69, 9.17) is 35.9 Å². The third kappa shape index (κ3) is 15.4. The molecule has 0 aromatic rings. The molecule has 0 aliphatic rings. The number of nitrogens with two attached hydrogens (primary N) is 1. The molecule has 4 N–H and O–H groups in total. The van der Waals surface area contributed by atoms with Crippen LogP contribution in [0.2, 0.25) is 0 Å². The van der Waals surface area contributed by atoms with Crippen molar-refractivity contribution in [2.75, 3.05) is 0 Å². The predicted octanol–water partition coefficient (Wildman–Crippen LogP) is 1.03. The first kappa shape index (κ1) is 21.7. The highest BCUT2D eigenvalue weighted by Crippen LogP contribution is 2.10. The van der Waals surface area contributed by atoms with Gasteiger partial charge >= 0.3 is 5.97 Å². The number of nitriles is 1. The highest BCUT2D eigenvalue weighted by atomic mass is 16.6. The Morgan fingerprint density at radius 3 is 2.23 bits per heavy atom. The van der Waals surface area contributed by atoms with Gasteiger partial charge in [-0.05, 0) is 27.7 Å². The standard InChI is InChI=1S/C11H18N4O3.C2H4O2/c1-7(5-9(16)17-11(2,3)4)18-15-8(6-12)10(13)14;1-2(3)4/h7H,5H2,1-4H3,(H3,13,14);1H3,(H,3,4). The van der Waals surface area contributed by atoms with E-state index in [2.05, 4.69) is 5.16 Å². The molecule has 9 nitrogen and oxygen atoms in total. The van der Waals surface area contributed by atoms with Crippen LogP contribution in [0.3, 0.4) is 0 Å². The number of carbonyl (C=O) groups excluding carboxylic acids is 1. The summed E-state index contributed by atoms with van der Waals surface area (Å²) >= 11 is 0. The van der Waals surface area contributed by atoms with Gasteiger partial charge in [0.25, 0.3) is 5.97 Å². The lowest BCUT2D eigenvalue weighted by Gasteiger charge is -2.20. The molecule has 1 unspecified atom stereocenters. The highest BCUT2D eigenvalue weighted by molar-refractivity contribution is 6.45. The molecular formula is C13H22N4O5. The summed E-state index contributed by atoms with van der Waals surface area (Å²) < 4.78 is 5.09. The number of rotatable bonds is 5. The van der Waals surface area contributed by atoms with Crippen LogP contribution < -0.4 is 5.73 Å². The molecule has 0 radical (unpaired) electrons. The maximum atomic E-state index is 11.4. The number of hydrogen-bond donors (Lipinski definition) is 3. The zero-order valence-electron chi connectivity index (χ0n) is 13.3. The molecule has 22 heavy (non-hydrogen) atoms. The minimum Gasteiger partial charge on any atom is -0.481 e. The summed E-state index contributed by atoms with van der Waals surface area (Å²) in [5.74, 6) is -1.74. The number of carboxylic acid groups (broad SMARTS) is 1. The number of carbonyl (C=O) groups is 2. The van der Waals surface area contributed by atoms with Crippen molar-refractivity contribution in [2.24, 2.45) is 10.9 Å². The number of nitrogens with one attached hydrogen (secondary N) is 1. The summed E-state index contributed by atoms with van der Waals surface area (Å²) in [6.07, 6.45) is -0.570. The summed E-state index contributed by atoms with van der Waals surface area (Å²) in [5.41, 5.74) is 4.19. The van der Waals surface area contributed by atoms with Crippen molar-refractivity contribution in [1.82, 2.24) is 0 Å². The molecule has 0 fully saturated rings. The Bertz CT molecular complexity index is 470. The van der Waals surface area contributed by atoms with Crippen LogP contribution in [0.25, 0.3) is 0 Å². The first-order chi connectivity index (χ1) is 9.88. The largest absolute Gasteiger partial charge is 0.481 e.